The second-order valence-electron chi connectivity index (χ2n) is 3.49. The first-order valence-electron chi connectivity index (χ1n) is 4.61. The van der Waals surface area contributed by atoms with Gasteiger partial charge in [-0.25, -0.2) is 0 Å². The van der Waals surface area contributed by atoms with Crippen LogP contribution in [0.1, 0.15) is 27.2 Å². The molecule has 0 aromatic heterocycles. The van der Waals surface area contributed by atoms with Crippen molar-refractivity contribution in [3.63, 3.8) is 0 Å². The SMILES string of the molecule is CCN1CCCSC1C(C)C. The molecule has 11 heavy (non-hydrogen) atoms. The van der Waals surface area contributed by atoms with Crippen LogP contribution in [0.5, 0.6) is 0 Å². The summed E-state index contributed by atoms with van der Waals surface area (Å²) in [5.74, 6) is 2.17. The molecule has 0 saturated carbocycles. The molecule has 0 radical (unpaired) electrons. The molecule has 0 N–H and O–H groups in total. The summed E-state index contributed by atoms with van der Waals surface area (Å²) < 4.78 is 0. The van der Waals surface area contributed by atoms with E-state index in [-0.39, 0.29) is 0 Å². The summed E-state index contributed by atoms with van der Waals surface area (Å²) in [6, 6.07) is 0. The molecule has 1 unspecified atom stereocenters. The molecule has 1 saturated heterocycles. The first-order valence-corrected chi connectivity index (χ1v) is 5.66. The lowest BCUT2D eigenvalue weighted by molar-refractivity contribution is 0.223. The molecule has 1 fully saturated rings. The van der Waals surface area contributed by atoms with Crippen LogP contribution in [0, 0.1) is 5.92 Å². The normalized spacial score (nSPS) is 27.8. The maximum absolute atomic E-state index is 2.60. The Morgan fingerprint density at radius 3 is 2.73 bits per heavy atom. The molecule has 1 nitrogen and oxygen atoms in total. The molecule has 0 aromatic carbocycles. The second kappa shape index (κ2) is 4.36. The monoisotopic (exact) mass is 173 g/mol. The topological polar surface area (TPSA) is 3.24 Å². The quantitative estimate of drug-likeness (QED) is 0.631. The first kappa shape index (κ1) is 9.40. The van der Waals surface area contributed by atoms with Crippen molar-refractivity contribution in [1.82, 2.24) is 4.90 Å². The van der Waals surface area contributed by atoms with Crippen molar-refractivity contribution in [3.05, 3.63) is 0 Å². The fourth-order valence-electron chi connectivity index (χ4n) is 1.66. The molecule has 1 aliphatic rings. The smallest absolute Gasteiger partial charge is 0.0580 e. The zero-order chi connectivity index (χ0) is 8.27. The summed E-state index contributed by atoms with van der Waals surface area (Å²) >= 11 is 2.13. The van der Waals surface area contributed by atoms with Gasteiger partial charge in [0.05, 0.1) is 5.37 Å². The molecular formula is C9H19NS. The molecule has 2 heteroatoms. The summed E-state index contributed by atoms with van der Waals surface area (Å²) in [5.41, 5.74) is 0. The van der Waals surface area contributed by atoms with E-state index < -0.39 is 0 Å². The minimum absolute atomic E-state index is 0.786. The van der Waals surface area contributed by atoms with Crippen molar-refractivity contribution < 1.29 is 0 Å². The van der Waals surface area contributed by atoms with E-state index in [0.717, 1.165) is 11.3 Å². The minimum atomic E-state index is 0.786. The molecule has 0 amide bonds. The zero-order valence-electron chi connectivity index (χ0n) is 7.84. The van der Waals surface area contributed by atoms with Crippen molar-refractivity contribution in [3.8, 4) is 0 Å². The van der Waals surface area contributed by atoms with Crippen molar-refractivity contribution in [2.75, 3.05) is 18.8 Å². The van der Waals surface area contributed by atoms with Gasteiger partial charge in [0, 0.05) is 0 Å². The van der Waals surface area contributed by atoms with E-state index in [0.29, 0.717) is 0 Å². The van der Waals surface area contributed by atoms with Gasteiger partial charge in [0.2, 0.25) is 0 Å². The predicted octanol–water partition coefficient (Wildman–Crippen LogP) is 2.43. The molecule has 1 aliphatic heterocycles. The van der Waals surface area contributed by atoms with Crippen molar-refractivity contribution >= 4 is 11.8 Å². The Balaban J connectivity index is 2.44. The molecule has 1 rings (SSSR count). The lowest BCUT2D eigenvalue weighted by atomic mass is 10.2. The highest BCUT2D eigenvalue weighted by Gasteiger charge is 2.23. The van der Waals surface area contributed by atoms with Crippen LogP contribution in [0.15, 0.2) is 0 Å². The summed E-state index contributed by atoms with van der Waals surface area (Å²) in [4.78, 5) is 2.60. The molecule has 0 bridgehead atoms. The largest absolute Gasteiger partial charge is 0.292 e. The summed E-state index contributed by atoms with van der Waals surface area (Å²) in [6.45, 7) is 9.45. The second-order valence-corrected chi connectivity index (χ2v) is 4.71. The van der Waals surface area contributed by atoms with Crippen LogP contribution in [0.2, 0.25) is 0 Å². The van der Waals surface area contributed by atoms with Gasteiger partial charge < -0.3 is 0 Å². The molecule has 0 aliphatic carbocycles. The fourth-order valence-corrected chi connectivity index (χ4v) is 3.04. The van der Waals surface area contributed by atoms with Crippen molar-refractivity contribution in [2.24, 2.45) is 5.92 Å². The van der Waals surface area contributed by atoms with E-state index >= 15 is 0 Å². The van der Waals surface area contributed by atoms with Gasteiger partial charge in [0.25, 0.3) is 0 Å². The van der Waals surface area contributed by atoms with E-state index in [9.17, 15) is 0 Å². The van der Waals surface area contributed by atoms with Crippen LogP contribution in [0.3, 0.4) is 0 Å². The van der Waals surface area contributed by atoms with E-state index in [4.69, 9.17) is 0 Å². The van der Waals surface area contributed by atoms with Crippen LogP contribution < -0.4 is 0 Å². The Morgan fingerprint density at radius 1 is 1.55 bits per heavy atom. The molecule has 1 atom stereocenters. The Bertz CT molecular complexity index is 114. The molecule has 0 spiro atoms. The predicted molar refractivity (Wildman–Crippen MR) is 52.9 cm³/mol. The van der Waals surface area contributed by atoms with Gasteiger partial charge in [0.15, 0.2) is 0 Å². The maximum Gasteiger partial charge on any atom is 0.0580 e. The third-order valence-electron chi connectivity index (χ3n) is 2.21. The summed E-state index contributed by atoms with van der Waals surface area (Å²) in [5, 5.41) is 0.786. The lowest BCUT2D eigenvalue weighted by Gasteiger charge is -2.36. The molecule has 0 aromatic rings. The molecule has 66 valence electrons. The standard InChI is InChI=1S/C9H19NS/c1-4-10-6-5-7-11-9(10)8(2)3/h8-9H,4-7H2,1-3H3. The molecular weight excluding hydrogens is 154 g/mol. The van der Waals surface area contributed by atoms with Gasteiger partial charge in [-0.1, -0.05) is 20.8 Å². The van der Waals surface area contributed by atoms with E-state index in [1.165, 1.54) is 25.3 Å². The Kier molecular flexibility index (Phi) is 3.73. The maximum atomic E-state index is 2.60. The highest BCUT2D eigenvalue weighted by molar-refractivity contribution is 7.99. The lowest BCUT2D eigenvalue weighted by Crippen LogP contribution is -2.40. The van der Waals surface area contributed by atoms with E-state index in [2.05, 4.69) is 37.4 Å². The number of thioether (sulfide) groups is 1. The average Bonchev–Trinajstić information content (AvgIpc) is 2.04. The molecule has 1 heterocycles. The van der Waals surface area contributed by atoms with Gasteiger partial charge >= 0.3 is 0 Å². The number of hydrogen-bond donors (Lipinski definition) is 0. The van der Waals surface area contributed by atoms with E-state index in [1.54, 1.807) is 0 Å². The third-order valence-corrected chi connectivity index (χ3v) is 3.92. The van der Waals surface area contributed by atoms with Gasteiger partial charge in [-0.3, -0.25) is 4.90 Å². The van der Waals surface area contributed by atoms with Crippen LogP contribution in [0.4, 0.5) is 0 Å². The minimum Gasteiger partial charge on any atom is -0.292 e. The number of hydrogen-bond acceptors (Lipinski definition) is 2. The Morgan fingerprint density at radius 2 is 2.27 bits per heavy atom. The van der Waals surface area contributed by atoms with Gasteiger partial charge in [0.1, 0.15) is 0 Å². The van der Waals surface area contributed by atoms with Crippen LogP contribution in [-0.2, 0) is 0 Å². The third kappa shape index (κ3) is 2.38. The van der Waals surface area contributed by atoms with Gasteiger partial charge in [-0.05, 0) is 31.2 Å². The highest BCUT2D eigenvalue weighted by atomic mass is 32.2. The summed E-state index contributed by atoms with van der Waals surface area (Å²) in [7, 11) is 0. The fraction of sp³-hybridized carbons (Fsp3) is 1.00. The number of nitrogens with zero attached hydrogens (tertiary/aromatic N) is 1. The Hall–Kier alpha value is 0.310. The van der Waals surface area contributed by atoms with Gasteiger partial charge in [-0.2, -0.15) is 0 Å². The van der Waals surface area contributed by atoms with Gasteiger partial charge in [-0.15, -0.1) is 11.8 Å². The number of rotatable bonds is 2. The van der Waals surface area contributed by atoms with E-state index in [1.807, 2.05) is 0 Å². The van der Waals surface area contributed by atoms with Crippen LogP contribution in [-0.4, -0.2) is 29.1 Å². The first-order chi connectivity index (χ1) is 5.25. The van der Waals surface area contributed by atoms with Crippen LogP contribution in [0.25, 0.3) is 0 Å². The summed E-state index contributed by atoms with van der Waals surface area (Å²) in [6.07, 6.45) is 1.38. The zero-order valence-corrected chi connectivity index (χ0v) is 8.66. The average molecular weight is 173 g/mol. The van der Waals surface area contributed by atoms with Crippen LogP contribution >= 0.6 is 11.8 Å². The van der Waals surface area contributed by atoms with Crippen molar-refractivity contribution in [2.45, 2.75) is 32.6 Å². The van der Waals surface area contributed by atoms with Crippen molar-refractivity contribution in [1.29, 1.82) is 0 Å². The highest BCUT2D eigenvalue weighted by Crippen LogP contribution is 2.27. The Labute approximate surface area is 74.5 Å².